The number of hydrogen-bond donors (Lipinski definition) is 2. The summed E-state index contributed by atoms with van der Waals surface area (Å²) in [4.78, 5) is 11.1. The number of carbonyl (C=O) groups is 1. The summed E-state index contributed by atoms with van der Waals surface area (Å²) in [5.74, 6) is -2.03. The summed E-state index contributed by atoms with van der Waals surface area (Å²) in [5, 5.41) is 2.23. The molecular weight excluding hydrogens is 190 g/mol. The molecule has 1 rings (SSSR count). The molecule has 0 radical (unpaired) electrons. The lowest BCUT2D eigenvalue weighted by Gasteiger charge is -2.08. The molecule has 3 N–H and O–H groups in total. The number of anilines is 1. The number of halogens is 2. The summed E-state index contributed by atoms with van der Waals surface area (Å²) in [6.07, 6.45) is 0. The summed E-state index contributed by atoms with van der Waals surface area (Å²) >= 11 is 0. The number of hydrogen-bond acceptors (Lipinski definition) is 2. The molecule has 0 aliphatic rings. The van der Waals surface area contributed by atoms with E-state index in [0.717, 1.165) is 12.1 Å². The van der Waals surface area contributed by atoms with Crippen LogP contribution in [0.5, 0.6) is 0 Å². The molecule has 14 heavy (non-hydrogen) atoms. The molecule has 0 unspecified atom stereocenters. The van der Waals surface area contributed by atoms with Gasteiger partial charge in [0.05, 0.1) is 11.7 Å². The molecule has 1 amide bonds. The standard InChI is InChI=1S/C9H10F2N2O/c1-5(12)9(14)13-8-3-2-6(10)4-7(8)11/h2-5H,12H2,1H3,(H,13,14)/t5-/m0/s1. The zero-order chi connectivity index (χ0) is 10.7. The second-order valence-corrected chi connectivity index (χ2v) is 2.90. The molecule has 0 spiro atoms. The minimum absolute atomic E-state index is 0.0753. The molecule has 0 fully saturated rings. The summed E-state index contributed by atoms with van der Waals surface area (Å²) in [6, 6.07) is 2.15. The maximum atomic E-state index is 13.0. The molecule has 0 heterocycles. The van der Waals surface area contributed by atoms with Crippen molar-refractivity contribution < 1.29 is 13.6 Å². The highest BCUT2D eigenvalue weighted by molar-refractivity contribution is 5.94. The van der Waals surface area contributed by atoms with Gasteiger partial charge < -0.3 is 11.1 Å². The van der Waals surface area contributed by atoms with Crippen LogP contribution in [0.2, 0.25) is 0 Å². The highest BCUT2D eigenvalue weighted by Gasteiger charge is 2.10. The molecule has 0 bridgehead atoms. The second-order valence-electron chi connectivity index (χ2n) is 2.90. The van der Waals surface area contributed by atoms with E-state index in [4.69, 9.17) is 5.73 Å². The van der Waals surface area contributed by atoms with Gasteiger partial charge in [-0.15, -0.1) is 0 Å². The average Bonchev–Trinajstić information content (AvgIpc) is 2.09. The Morgan fingerprint density at radius 2 is 2.14 bits per heavy atom. The van der Waals surface area contributed by atoms with Crippen molar-refractivity contribution in [2.45, 2.75) is 13.0 Å². The first-order valence-corrected chi connectivity index (χ1v) is 4.02. The van der Waals surface area contributed by atoms with Gasteiger partial charge in [0.1, 0.15) is 11.6 Å². The van der Waals surface area contributed by atoms with Crippen LogP contribution in [-0.4, -0.2) is 11.9 Å². The molecule has 0 saturated carbocycles. The molecular formula is C9H10F2N2O. The lowest BCUT2D eigenvalue weighted by Crippen LogP contribution is -2.32. The van der Waals surface area contributed by atoms with Crippen LogP contribution in [-0.2, 0) is 4.79 Å². The Balaban J connectivity index is 2.82. The number of amides is 1. The van der Waals surface area contributed by atoms with Crippen molar-refractivity contribution in [1.82, 2.24) is 0 Å². The maximum Gasteiger partial charge on any atom is 0.241 e. The molecule has 1 atom stereocenters. The second kappa shape index (κ2) is 4.15. The fourth-order valence-electron chi connectivity index (χ4n) is 0.837. The van der Waals surface area contributed by atoms with E-state index in [1.54, 1.807) is 0 Å². The zero-order valence-corrected chi connectivity index (χ0v) is 7.55. The first kappa shape index (κ1) is 10.6. The number of carbonyl (C=O) groups excluding carboxylic acids is 1. The molecule has 0 aliphatic heterocycles. The van der Waals surface area contributed by atoms with Crippen molar-refractivity contribution in [3.63, 3.8) is 0 Å². The van der Waals surface area contributed by atoms with Crippen LogP contribution in [0.15, 0.2) is 18.2 Å². The van der Waals surface area contributed by atoms with Crippen molar-refractivity contribution in [2.75, 3.05) is 5.32 Å². The molecule has 1 aromatic carbocycles. The fourth-order valence-corrected chi connectivity index (χ4v) is 0.837. The van der Waals surface area contributed by atoms with Gasteiger partial charge >= 0.3 is 0 Å². The van der Waals surface area contributed by atoms with Crippen molar-refractivity contribution in [2.24, 2.45) is 5.73 Å². The van der Waals surface area contributed by atoms with Gasteiger partial charge in [0, 0.05) is 6.07 Å². The number of nitrogens with one attached hydrogen (secondary N) is 1. The Hall–Kier alpha value is -1.49. The van der Waals surface area contributed by atoms with E-state index in [2.05, 4.69) is 5.32 Å². The smallest absolute Gasteiger partial charge is 0.241 e. The van der Waals surface area contributed by atoms with Crippen molar-refractivity contribution in [3.05, 3.63) is 29.8 Å². The Labute approximate surface area is 79.9 Å². The van der Waals surface area contributed by atoms with Gasteiger partial charge in [-0.3, -0.25) is 4.79 Å². The van der Waals surface area contributed by atoms with Gasteiger partial charge in [-0.2, -0.15) is 0 Å². The first-order valence-electron chi connectivity index (χ1n) is 4.02. The monoisotopic (exact) mass is 200 g/mol. The van der Waals surface area contributed by atoms with E-state index in [1.807, 2.05) is 0 Å². The topological polar surface area (TPSA) is 55.1 Å². The van der Waals surface area contributed by atoms with E-state index in [9.17, 15) is 13.6 Å². The molecule has 5 heteroatoms. The summed E-state index contributed by atoms with van der Waals surface area (Å²) in [6.45, 7) is 1.47. The Bertz CT molecular complexity index is 353. The lowest BCUT2D eigenvalue weighted by atomic mass is 10.2. The van der Waals surface area contributed by atoms with Crippen LogP contribution < -0.4 is 11.1 Å². The molecule has 0 saturated heterocycles. The van der Waals surface area contributed by atoms with Crippen LogP contribution in [0.25, 0.3) is 0 Å². The lowest BCUT2D eigenvalue weighted by molar-refractivity contribution is -0.117. The average molecular weight is 200 g/mol. The predicted octanol–water partition coefficient (Wildman–Crippen LogP) is 1.25. The summed E-state index contributed by atoms with van der Waals surface area (Å²) in [5.41, 5.74) is 5.18. The molecule has 3 nitrogen and oxygen atoms in total. The predicted molar refractivity (Wildman–Crippen MR) is 48.6 cm³/mol. The van der Waals surface area contributed by atoms with Gasteiger partial charge in [0.15, 0.2) is 0 Å². The highest BCUT2D eigenvalue weighted by Crippen LogP contribution is 2.14. The fraction of sp³-hybridized carbons (Fsp3) is 0.222. The zero-order valence-electron chi connectivity index (χ0n) is 7.55. The normalized spacial score (nSPS) is 12.3. The van der Waals surface area contributed by atoms with Gasteiger partial charge in [0.2, 0.25) is 5.91 Å². The van der Waals surface area contributed by atoms with E-state index in [0.29, 0.717) is 6.07 Å². The van der Waals surface area contributed by atoms with E-state index < -0.39 is 23.6 Å². The van der Waals surface area contributed by atoms with E-state index >= 15 is 0 Å². The quantitative estimate of drug-likeness (QED) is 0.754. The number of benzene rings is 1. The van der Waals surface area contributed by atoms with Crippen LogP contribution in [0.1, 0.15) is 6.92 Å². The first-order chi connectivity index (χ1) is 6.50. The Kier molecular flexibility index (Phi) is 3.14. The number of rotatable bonds is 2. The minimum atomic E-state index is -0.820. The molecule has 1 aromatic rings. The third-order valence-electron chi connectivity index (χ3n) is 1.60. The third kappa shape index (κ3) is 2.50. The van der Waals surface area contributed by atoms with Crippen molar-refractivity contribution in [3.8, 4) is 0 Å². The van der Waals surface area contributed by atoms with Crippen LogP contribution >= 0.6 is 0 Å². The van der Waals surface area contributed by atoms with Crippen molar-refractivity contribution >= 4 is 11.6 Å². The van der Waals surface area contributed by atoms with Gasteiger partial charge in [-0.1, -0.05) is 0 Å². The Morgan fingerprint density at radius 3 is 2.64 bits per heavy atom. The van der Waals surface area contributed by atoms with E-state index in [-0.39, 0.29) is 5.69 Å². The largest absolute Gasteiger partial charge is 0.322 e. The highest BCUT2D eigenvalue weighted by atomic mass is 19.1. The SMILES string of the molecule is C[C@H](N)C(=O)Nc1ccc(F)cc1F. The summed E-state index contributed by atoms with van der Waals surface area (Å²) in [7, 11) is 0. The maximum absolute atomic E-state index is 13.0. The minimum Gasteiger partial charge on any atom is -0.322 e. The van der Waals surface area contributed by atoms with Crippen molar-refractivity contribution in [1.29, 1.82) is 0 Å². The van der Waals surface area contributed by atoms with E-state index in [1.165, 1.54) is 6.92 Å². The van der Waals surface area contributed by atoms with Gasteiger partial charge in [-0.05, 0) is 19.1 Å². The van der Waals surface area contributed by atoms with Crippen LogP contribution in [0.4, 0.5) is 14.5 Å². The third-order valence-corrected chi connectivity index (χ3v) is 1.60. The molecule has 0 aliphatic carbocycles. The van der Waals surface area contributed by atoms with Crippen LogP contribution in [0.3, 0.4) is 0 Å². The Morgan fingerprint density at radius 1 is 1.50 bits per heavy atom. The van der Waals surface area contributed by atoms with Gasteiger partial charge in [0.25, 0.3) is 0 Å². The van der Waals surface area contributed by atoms with Gasteiger partial charge in [-0.25, -0.2) is 8.78 Å². The number of nitrogens with two attached hydrogens (primary N) is 1. The molecule has 76 valence electrons. The molecule has 0 aromatic heterocycles. The summed E-state index contributed by atoms with van der Waals surface area (Å²) < 4.78 is 25.4. The van der Waals surface area contributed by atoms with Crippen LogP contribution in [0, 0.1) is 11.6 Å².